The molecule has 0 saturated heterocycles. The Bertz CT molecular complexity index is 1220. The van der Waals surface area contributed by atoms with Crippen molar-refractivity contribution < 1.29 is 17.9 Å². The van der Waals surface area contributed by atoms with Crippen LogP contribution in [0.3, 0.4) is 0 Å². The fraction of sp³-hybridized carbons (Fsp3) is 0.261. The van der Waals surface area contributed by atoms with Crippen molar-refractivity contribution in [1.29, 1.82) is 0 Å². The molecule has 0 N–H and O–H groups in total. The van der Waals surface area contributed by atoms with Gasteiger partial charge in [0.15, 0.2) is 11.0 Å². The van der Waals surface area contributed by atoms with Gasteiger partial charge in [-0.05, 0) is 32.0 Å². The second kappa shape index (κ2) is 9.96. The van der Waals surface area contributed by atoms with Crippen molar-refractivity contribution in [2.24, 2.45) is 0 Å². The summed E-state index contributed by atoms with van der Waals surface area (Å²) >= 11 is 3.11. The number of halogens is 3. The fourth-order valence-corrected chi connectivity index (χ4v) is 4.95. The van der Waals surface area contributed by atoms with Gasteiger partial charge in [0, 0.05) is 23.2 Å². The zero-order valence-corrected chi connectivity index (χ0v) is 19.6. The van der Waals surface area contributed by atoms with E-state index in [1.54, 1.807) is 11.3 Å². The topological polar surface area (TPSA) is 52.8 Å². The first-order valence-electron chi connectivity index (χ1n) is 10.2. The maximum Gasteiger partial charge on any atom is 0.416 e. The molecule has 0 amide bonds. The third kappa shape index (κ3) is 5.75. The Morgan fingerprint density at radius 2 is 1.88 bits per heavy atom. The van der Waals surface area contributed by atoms with Gasteiger partial charge in [-0.15, -0.1) is 21.5 Å². The van der Waals surface area contributed by atoms with Gasteiger partial charge in [-0.2, -0.15) is 13.2 Å². The summed E-state index contributed by atoms with van der Waals surface area (Å²) in [5.41, 5.74) is 2.50. The first-order chi connectivity index (χ1) is 15.8. The summed E-state index contributed by atoms with van der Waals surface area (Å²) in [5, 5.41) is 12.1. The van der Waals surface area contributed by atoms with Crippen LogP contribution in [0.5, 0.6) is 5.75 Å². The molecule has 2 aromatic carbocycles. The van der Waals surface area contributed by atoms with E-state index in [2.05, 4.69) is 41.4 Å². The third-order valence-corrected chi connectivity index (χ3v) is 6.78. The first kappa shape index (κ1) is 23.3. The summed E-state index contributed by atoms with van der Waals surface area (Å²) in [6.07, 6.45) is -4.42. The van der Waals surface area contributed by atoms with E-state index in [1.165, 1.54) is 29.5 Å². The minimum atomic E-state index is -4.42. The van der Waals surface area contributed by atoms with Gasteiger partial charge in [-0.1, -0.05) is 47.7 Å². The lowest BCUT2D eigenvalue weighted by Gasteiger charge is -2.11. The van der Waals surface area contributed by atoms with Crippen LogP contribution in [-0.2, 0) is 25.1 Å². The van der Waals surface area contributed by atoms with E-state index in [4.69, 9.17) is 9.72 Å². The Balaban J connectivity index is 1.39. The Morgan fingerprint density at radius 3 is 2.61 bits per heavy atom. The van der Waals surface area contributed by atoms with Crippen LogP contribution < -0.4 is 4.74 Å². The van der Waals surface area contributed by atoms with Crippen molar-refractivity contribution in [3.63, 3.8) is 0 Å². The van der Waals surface area contributed by atoms with Gasteiger partial charge in [0.2, 0.25) is 0 Å². The van der Waals surface area contributed by atoms with Gasteiger partial charge in [-0.3, -0.25) is 0 Å². The number of thioether (sulfide) groups is 1. The summed E-state index contributed by atoms with van der Waals surface area (Å²) in [6, 6.07) is 13.1. The Kier molecular flexibility index (Phi) is 7.04. The summed E-state index contributed by atoms with van der Waals surface area (Å²) < 4.78 is 46.2. The van der Waals surface area contributed by atoms with E-state index >= 15 is 0 Å². The summed E-state index contributed by atoms with van der Waals surface area (Å²) in [4.78, 5) is 4.72. The minimum absolute atomic E-state index is 0.0248. The lowest BCUT2D eigenvalue weighted by atomic mass is 10.2. The number of rotatable bonds is 8. The highest BCUT2D eigenvalue weighted by Crippen LogP contribution is 2.32. The summed E-state index contributed by atoms with van der Waals surface area (Å²) in [5.74, 6) is 1.32. The van der Waals surface area contributed by atoms with E-state index in [-0.39, 0.29) is 12.4 Å². The number of ether oxygens (including phenoxy) is 1. The third-order valence-electron chi connectivity index (χ3n) is 4.84. The number of aryl methyl sites for hydroxylation is 1. The van der Waals surface area contributed by atoms with Crippen molar-refractivity contribution >= 4 is 23.1 Å². The molecule has 33 heavy (non-hydrogen) atoms. The predicted octanol–water partition coefficient (Wildman–Crippen LogP) is 6.62. The van der Waals surface area contributed by atoms with Crippen molar-refractivity contribution in [3.05, 3.63) is 76.6 Å². The lowest BCUT2D eigenvalue weighted by molar-refractivity contribution is -0.137. The maximum atomic E-state index is 12.9. The number of alkyl halides is 3. The van der Waals surface area contributed by atoms with Gasteiger partial charge in [0.1, 0.15) is 17.4 Å². The van der Waals surface area contributed by atoms with Crippen LogP contribution in [0.25, 0.3) is 10.6 Å². The number of aromatic nitrogens is 4. The Labute approximate surface area is 197 Å². The molecule has 0 aliphatic heterocycles. The van der Waals surface area contributed by atoms with E-state index in [1.807, 2.05) is 16.9 Å². The van der Waals surface area contributed by atoms with Gasteiger partial charge in [0.05, 0.1) is 11.3 Å². The van der Waals surface area contributed by atoms with Crippen LogP contribution in [0.15, 0.2) is 59.1 Å². The molecule has 2 heterocycles. The summed E-state index contributed by atoms with van der Waals surface area (Å²) in [6.45, 7) is 4.65. The second-order valence-corrected chi connectivity index (χ2v) is 9.06. The molecule has 0 unspecified atom stereocenters. The highest BCUT2D eigenvalue weighted by atomic mass is 32.2. The van der Waals surface area contributed by atoms with E-state index in [0.717, 1.165) is 28.4 Å². The van der Waals surface area contributed by atoms with Crippen LogP contribution in [0.1, 0.15) is 29.6 Å². The number of benzene rings is 2. The fourth-order valence-electron chi connectivity index (χ4n) is 3.10. The largest absolute Gasteiger partial charge is 0.486 e. The van der Waals surface area contributed by atoms with Crippen LogP contribution in [0.2, 0.25) is 0 Å². The second-order valence-electron chi connectivity index (χ2n) is 7.26. The van der Waals surface area contributed by atoms with E-state index in [9.17, 15) is 13.2 Å². The molecule has 2 aromatic heterocycles. The molecule has 0 radical (unpaired) electrons. The first-order valence-corrected chi connectivity index (χ1v) is 12.1. The lowest BCUT2D eigenvalue weighted by Crippen LogP contribution is -2.08. The number of hydrogen-bond acceptors (Lipinski definition) is 6. The maximum absolute atomic E-state index is 12.9. The molecule has 0 saturated carbocycles. The average Bonchev–Trinajstić information content (AvgIpc) is 3.43. The van der Waals surface area contributed by atoms with Crippen LogP contribution in [0, 0.1) is 6.92 Å². The molecule has 4 rings (SSSR count). The zero-order chi connectivity index (χ0) is 23.4. The minimum Gasteiger partial charge on any atom is -0.486 e. The van der Waals surface area contributed by atoms with Gasteiger partial charge in [0.25, 0.3) is 0 Å². The van der Waals surface area contributed by atoms with Crippen LogP contribution in [0.4, 0.5) is 13.2 Å². The average molecular weight is 491 g/mol. The molecule has 0 aliphatic carbocycles. The van der Waals surface area contributed by atoms with Crippen molar-refractivity contribution in [1.82, 2.24) is 19.7 Å². The van der Waals surface area contributed by atoms with E-state index < -0.39 is 11.7 Å². The molecule has 4 aromatic rings. The molecule has 0 fully saturated rings. The Morgan fingerprint density at radius 1 is 1.09 bits per heavy atom. The zero-order valence-electron chi connectivity index (χ0n) is 18.0. The highest BCUT2D eigenvalue weighted by molar-refractivity contribution is 7.98. The quantitative estimate of drug-likeness (QED) is 0.260. The molecule has 0 atom stereocenters. The smallest absolute Gasteiger partial charge is 0.416 e. The van der Waals surface area contributed by atoms with Gasteiger partial charge in [-0.25, -0.2) is 4.98 Å². The van der Waals surface area contributed by atoms with E-state index in [0.29, 0.717) is 23.3 Å². The van der Waals surface area contributed by atoms with Gasteiger partial charge < -0.3 is 9.30 Å². The molecule has 172 valence electrons. The SMILES string of the molecule is CCn1c(COc2cccc(C(F)(F)F)c2)nnc1SCc1csc(-c2ccc(C)cc2)n1. The van der Waals surface area contributed by atoms with Crippen molar-refractivity contribution in [2.45, 2.75) is 44.1 Å². The monoisotopic (exact) mass is 490 g/mol. The Hall–Kier alpha value is -2.85. The van der Waals surface area contributed by atoms with Crippen LogP contribution in [-0.4, -0.2) is 19.7 Å². The molecule has 0 aliphatic rings. The number of hydrogen-bond donors (Lipinski definition) is 0. The molecule has 0 bridgehead atoms. The van der Waals surface area contributed by atoms with Crippen molar-refractivity contribution in [2.75, 3.05) is 0 Å². The predicted molar refractivity (Wildman–Crippen MR) is 123 cm³/mol. The van der Waals surface area contributed by atoms with Crippen LogP contribution >= 0.6 is 23.1 Å². The normalized spacial score (nSPS) is 11.7. The molecule has 5 nitrogen and oxygen atoms in total. The highest BCUT2D eigenvalue weighted by Gasteiger charge is 2.30. The molecular formula is C23H21F3N4OS2. The summed E-state index contributed by atoms with van der Waals surface area (Å²) in [7, 11) is 0. The number of nitrogens with zero attached hydrogens (tertiary/aromatic N) is 4. The molecular weight excluding hydrogens is 469 g/mol. The van der Waals surface area contributed by atoms with Gasteiger partial charge >= 0.3 is 6.18 Å². The van der Waals surface area contributed by atoms with Crippen molar-refractivity contribution in [3.8, 4) is 16.3 Å². The number of thiazole rings is 1. The molecule has 10 heteroatoms. The molecule has 0 spiro atoms. The standard InChI is InChI=1S/C23H21F3N4OS2/c1-3-30-20(12-31-19-6-4-5-17(11-19)23(24,25)26)28-29-22(30)33-14-18-13-32-21(27-18)16-9-7-15(2)8-10-16/h4-11,13H,3,12,14H2,1-2H3.